The molecule has 23 heavy (non-hydrogen) atoms. The van der Waals surface area contributed by atoms with Crippen LogP contribution in [-0.4, -0.2) is 18.1 Å². The average Bonchev–Trinajstić information content (AvgIpc) is 2.55. The van der Waals surface area contributed by atoms with Gasteiger partial charge in [0.05, 0.1) is 35.1 Å². The minimum absolute atomic E-state index is 0.0827. The monoisotopic (exact) mass is 350 g/mol. The van der Waals surface area contributed by atoms with E-state index < -0.39 is 0 Å². The zero-order valence-electron chi connectivity index (χ0n) is 13.3. The Labute approximate surface area is 147 Å². The molecule has 0 atom stereocenters. The van der Waals surface area contributed by atoms with Crippen LogP contribution in [-0.2, 0) is 23.2 Å². The summed E-state index contributed by atoms with van der Waals surface area (Å²) in [7, 11) is 0. The summed E-state index contributed by atoms with van der Waals surface area (Å²) in [5, 5.41) is 4.64. The molecule has 1 aromatic heterocycles. The van der Waals surface area contributed by atoms with Crippen LogP contribution >= 0.6 is 23.2 Å². The summed E-state index contributed by atoms with van der Waals surface area (Å²) in [4.78, 5) is 4.54. The van der Waals surface area contributed by atoms with Crippen molar-refractivity contribution in [1.82, 2.24) is 4.98 Å². The third kappa shape index (κ3) is 3.79. The molecule has 0 amide bonds. The molecule has 1 N–H and O–H groups in total. The van der Waals surface area contributed by atoms with E-state index in [-0.39, 0.29) is 5.41 Å². The number of halogens is 2. The molecule has 122 valence electrons. The molecule has 5 heteroatoms. The molecule has 0 bridgehead atoms. The van der Waals surface area contributed by atoms with Gasteiger partial charge in [0, 0.05) is 29.6 Å². The van der Waals surface area contributed by atoms with Crippen molar-refractivity contribution >= 4 is 28.9 Å². The standard InChI is InChI=1S/C18H20Cl2N2O/c1-18(2,13-3-4-15(19)16(20)8-13)11-22-14-7-12-10-23-6-5-17(12)21-9-14/h3-4,7-9,22H,5-6,10-11H2,1-2H3. The summed E-state index contributed by atoms with van der Waals surface area (Å²) in [5.74, 6) is 0. The Morgan fingerprint density at radius 3 is 2.83 bits per heavy atom. The van der Waals surface area contributed by atoms with Gasteiger partial charge >= 0.3 is 0 Å². The maximum atomic E-state index is 6.14. The van der Waals surface area contributed by atoms with Gasteiger partial charge < -0.3 is 10.1 Å². The Bertz CT molecular complexity index is 716. The Morgan fingerprint density at radius 2 is 2.04 bits per heavy atom. The molecular formula is C18H20Cl2N2O. The number of nitrogens with one attached hydrogen (secondary N) is 1. The van der Waals surface area contributed by atoms with Gasteiger partial charge in [-0.1, -0.05) is 43.1 Å². The van der Waals surface area contributed by atoms with E-state index in [1.54, 1.807) is 0 Å². The Hall–Kier alpha value is -1.29. The molecule has 0 fully saturated rings. The second kappa shape index (κ2) is 6.68. The van der Waals surface area contributed by atoms with E-state index in [1.165, 1.54) is 5.56 Å². The maximum absolute atomic E-state index is 6.14. The van der Waals surface area contributed by atoms with Gasteiger partial charge in [-0.15, -0.1) is 0 Å². The quantitative estimate of drug-likeness (QED) is 0.855. The maximum Gasteiger partial charge on any atom is 0.0735 e. The van der Waals surface area contributed by atoms with Crippen molar-refractivity contribution in [1.29, 1.82) is 0 Å². The number of hydrogen-bond donors (Lipinski definition) is 1. The van der Waals surface area contributed by atoms with E-state index in [0.717, 1.165) is 36.5 Å². The number of ether oxygens (including phenoxy) is 1. The highest BCUT2D eigenvalue weighted by molar-refractivity contribution is 6.42. The zero-order chi connectivity index (χ0) is 16.4. The van der Waals surface area contributed by atoms with Gasteiger partial charge in [0.2, 0.25) is 0 Å². The predicted octanol–water partition coefficient (Wildman–Crippen LogP) is 4.85. The molecule has 3 rings (SSSR count). The van der Waals surface area contributed by atoms with Gasteiger partial charge in [0.15, 0.2) is 0 Å². The summed E-state index contributed by atoms with van der Waals surface area (Å²) in [6, 6.07) is 7.94. The summed E-state index contributed by atoms with van der Waals surface area (Å²) < 4.78 is 5.50. The summed E-state index contributed by atoms with van der Waals surface area (Å²) in [6.45, 7) is 6.53. The van der Waals surface area contributed by atoms with Crippen LogP contribution in [0, 0.1) is 0 Å². The van der Waals surface area contributed by atoms with Crippen LogP contribution < -0.4 is 5.32 Å². The molecule has 0 saturated heterocycles. The normalized spacial score (nSPS) is 14.4. The van der Waals surface area contributed by atoms with E-state index >= 15 is 0 Å². The highest BCUT2D eigenvalue weighted by Crippen LogP contribution is 2.30. The van der Waals surface area contributed by atoms with Gasteiger partial charge in [-0.05, 0) is 23.8 Å². The molecule has 0 unspecified atom stereocenters. The molecule has 0 aliphatic carbocycles. The lowest BCUT2D eigenvalue weighted by Gasteiger charge is -2.27. The van der Waals surface area contributed by atoms with Crippen molar-refractivity contribution in [3.05, 3.63) is 57.3 Å². The second-order valence-electron chi connectivity index (χ2n) is 6.50. The van der Waals surface area contributed by atoms with Crippen LogP contribution in [0.5, 0.6) is 0 Å². The first kappa shape index (κ1) is 16.6. The lowest BCUT2D eigenvalue weighted by atomic mass is 9.84. The van der Waals surface area contributed by atoms with Crippen molar-refractivity contribution in [3.63, 3.8) is 0 Å². The number of fused-ring (bicyclic) bond motifs is 1. The van der Waals surface area contributed by atoms with Crippen molar-refractivity contribution in [2.24, 2.45) is 0 Å². The molecule has 0 radical (unpaired) electrons. The summed E-state index contributed by atoms with van der Waals surface area (Å²) in [5.41, 5.74) is 4.40. The summed E-state index contributed by atoms with van der Waals surface area (Å²) >= 11 is 12.1. The predicted molar refractivity (Wildman–Crippen MR) is 95.6 cm³/mol. The first-order chi connectivity index (χ1) is 11.0. The highest BCUT2D eigenvalue weighted by atomic mass is 35.5. The number of aromatic nitrogens is 1. The molecule has 0 saturated carbocycles. The number of hydrogen-bond acceptors (Lipinski definition) is 3. The fraction of sp³-hybridized carbons (Fsp3) is 0.389. The van der Waals surface area contributed by atoms with Gasteiger partial charge in [0.1, 0.15) is 0 Å². The number of rotatable bonds is 4. The fourth-order valence-electron chi connectivity index (χ4n) is 2.68. The first-order valence-corrected chi connectivity index (χ1v) is 8.46. The highest BCUT2D eigenvalue weighted by Gasteiger charge is 2.21. The van der Waals surface area contributed by atoms with E-state index in [2.05, 4.69) is 30.2 Å². The van der Waals surface area contributed by atoms with Crippen LogP contribution in [0.1, 0.15) is 30.7 Å². The van der Waals surface area contributed by atoms with Gasteiger partial charge in [-0.25, -0.2) is 0 Å². The van der Waals surface area contributed by atoms with Crippen LogP contribution in [0.15, 0.2) is 30.5 Å². The zero-order valence-corrected chi connectivity index (χ0v) is 14.8. The van der Waals surface area contributed by atoms with Crippen molar-refractivity contribution < 1.29 is 4.74 Å². The Morgan fingerprint density at radius 1 is 1.22 bits per heavy atom. The third-order valence-electron chi connectivity index (χ3n) is 4.24. The molecule has 1 aliphatic heterocycles. The first-order valence-electron chi connectivity index (χ1n) is 7.71. The molecular weight excluding hydrogens is 331 g/mol. The van der Waals surface area contributed by atoms with Crippen LogP contribution in [0.2, 0.25) is 10.0 Å². The van der Waals surface area contributed by atoms with E-state index in [1.807, 2.05) is 24.4 Å². The van der Waals surface area contributed by atoms with E-state index in [0.29, 0.717) is 16.7 Å². The lowest BCUT2D eigenvalue weighted by molar-refractivity contribution is 0.109. The number of pyridine rings is 1. The van der Waals surface area contributed by atoms with Gasteiger partial charge in [0.25, 0.3) is 0 Å². The van der Waals surface area contributed by atoms with E-state index in [4.69, 9.17) is 27.9 Å². The molecule has 3 nitrogen and oxygen atoms in total. The largest absolute Gasteiger partial charge is 0.383 e. The average molecular weight is 351 g/mol. The second-order valence-corrected chi connectivity index (χ2v) is 7.31. The fourth-order valence-corrected chi connectivity index (χ4v) is 2.98. The minimum atomic E-state index is -0.0827. The van der Waals surface area contributed by atoms with Crippen molar-refractivity contribution in [3.8, 4) is 0 Å². The summed E-state index contributed by atoms with van der Waals surface area (Å²) in [6.07, 6.45) is 2.79. The number of benzene rings is 1. The van der Waals surface area contributed by atoms with Crippen molar-refractivity contribution in [2.45, 2.75) is 32.3 Å². The van der Waals surface area contributed by atoms with Crippen LogP contribution in [0.25, 0.3) is 0 Å². The Balaban J connectivity index is 1.72. The molecule has 1 aliphatic rings. The van der Waals surface area contributed by atoms with Crippen LogP contribution in [0.4, 0.5) is 5.69 Å². The van der Waals surface area contributed by atoms with Gasteiger partial charge in [-0.3, -0.25) is 4.98 Å². The van der Waals surface area contributed by atoms with Crippen molar-refractivity contribution in [2.75, 3.05) is 18.5 Å². The van der Waals surface area contributed by atoms with E-state index in [9.17, 15) is 0 Å². The molecule has 2 heterocycles. The van der Waals surface area contributed by atoms with Crippen LogP contribution in [0.3, 0.4) is 0 Å². The topological polar surface area (TPSA) is 34.2 Å². The Kier molecular flexibility index (Phi) is 4.81. The minimum Gasteiger partial charge on any atom is -0.383 e. The lowest BCUT2D eigenvalue weighted by Crippen LogP contribution is -2.27. The molecule has 2 aromatic rings. The smallest absolute Gasteiger partial charge is 0.0735 e. The SMILES string of the molecule is CC(C)(CNc1cnc2c(c1)COCC2)c1ccc(Cl)c(Cl)c1. The molecule has 1 aromatic carbocycles. The van der Waals surface area contributed by atoms with Gasteiger partial charge in [-0.2, -0.15) is 0 Å². The molecule has 0 spiro atoms. The third-order valence-corrected chi connectivity index (χ3v) is 4.98. The number of nitrogens with zero attached hydrogens (tertiary/aromatic N) is 1. The number of anilines is 1.